The first kappa shape index (κ1) is 13.1. The molecule has 2 heterocycles. The maximum atomic E-state index is 2.67. The number of hydrogen-bond donors (Lipinski definition) is 0. The van der Waals surface area contributed by atoms with Crippen molar-refractivity contribution in [1.29, 1.82) is 0 Å². The number of hydrogen-bond acceptors (Lipinski definition) is 2. The zero-order chi connectivity index (χ0) is 13.2. The highest BCUT2D eigenvalue weighted by molar-refractivity contribution is 5.14. The van der Waals surface area contributed by atoms with Gasteiger partial charge >= 0.3 is 0 Å². The maximum absolute atomic E-state index is 2.67. The molecule has 0 amide bonds. The van der Waals surface area contributed by atoms with E-state index < -0.39 is 0 Å². The topological polar surface area (TPSA) is 6.48 Å². The number of benzene rings is 1. The Labute approximate surface area is 117 Å². The fourth-order valence-electron chi connectivity index (χ4n) is 3.69. The Morgan fingerprint density at radius 1 is 1.05 bits per heavy atom. The van der Waals surface area contributed by atoms with Gasteiger partial charge in [-0.2, -0.15) is 0 Å². The number of nitrogens with zero attached hydrogens (tertiary/aromatic N) is 2. The number of fused-ring (bicyclic) bond motifs is 1. The minimum atomic E-state index is 0.716. The van der Waals surface area contributed by atoms with Crippen LogP contribution in [0.5, 0.6) is 0 Å². The molecule has 19 heavy (non-hydrogen) atoms. The van der Waals surface area contributed by atoms with Crippen LogP contribution in [0.1, 0.15) is 25.8 Å². The van der Waals surface area contributed by atoms with Gasteiger partial charge in [-0.05, 0) is 44.2 Å². The first-order valence-electron chi connectivity index (χ1n) is 7.72. The lowest BCUT2D eigenvalue weighted by Crippen LogP contribution is -2.39. The third-order valence-electron chi connectivity index (χ3n) is 4.89. The van der Waals surface area contributed by atoms with Gasteiger partial charge in [0.1, 0.15) is 0 Å². The standard InChI is InChI=1S/C17H26N2/c1-14(2)19-12-16-8-9-18(11-17(16)13-19)10-15-6-4-3-5-7-15/h3-7,14,16-17H,8-13H2,1-2H3. The molecule has 0 saturated carbocycles. The molecule has 2 nitrogen and oxygen atoms in total. The maximum Gasteiger partial charge on any atom is 0.0233 e. The lowest BCUT2D eigenvalue weighted by Gasteiger charge is -2.34. The smallest absolute Gasteiger partial charge is 0.0233 e. The van der Waals surface area contributed by atoms with Crippen LogP contribution in [-0.4, -0.2) is 42.0 Å². The summed E-state index contributed by atoms with van der Waals surface area (Å²) in [5.41, 5.74) is 1.46. The molecule has 0 N–H and O–H groups in total. The van der Waals surface area contributed by atoms with Crippen molar-refractivity contribution < 1.29 is 0 Å². The molecule has 1 aromatic rings. The Balaban J connectivity index is 1.58. The van der Waals surface area contributed by atoms with Crippen molar-refractivity contribution in [2.75, 3.05) is 26.2 Å². The molecule has 2 saturated heterocycles. The lowest BCUT2D eigenvalue weighted by molar-refractivity contribution is 0.142. The summed E-state index contributed by atoms with van der Waals surface area (Å²) in [5, 5.41) is 0. The first-order chi connectivity index (χ1) is 9.22. The Morgan fingerprint density at radius 3 is 2.53 bits per heavy atom. The molecule has 2 aliphatic rings. The summed E-state index contributed by atoms with van der Waals surface area (Å²) in [4.78, 5) is 5.32. The van der Waals surface area contributed by atoms with Crippen LogP contribution in [0, 0.1) is 11.8 Å². The average molecular weight is 258 g/mol. The summed E-state index contributed by atoms with van der Waals surface area (Å²) in [5.74, 6) is 1.86. The average Bonchev–Trinajstić information content (AvgIpc) is 2.83. The highest BCUT2D eigenvalue weighted by Crippen LogP contribution is 2.32. The summed E-state index contributed by atoms with van der Waals surface area (Å²) in [6, 6.07) is 11.6. The Kier molecular flexibility index (Phi) is 3.90. The van der Waals surface area contributed by atoms with Crippen LogP contribution in [-0.2, 0) is 6.54 Å². The van der Waals surface area contributed by atoms with Crippen LogP contribution in [0.4, 0.5) is 0 Å². The monoisotopic (exact) mass is 258 g/mol. The van der Waals surface area contributed by atoms with Crippen molar-refractivity contribution >= 4 is 0 Å². The van der Waals surface area contributed by atoms with Crippen molar-refractivity contribution in [1.82, 2.24) is 9.80 Å². The summed E-state index contributed by atoms with van der Waals surface area (Å²) in [6.07, 6.45) is 1.39. The van der Waals surface area contributed by atoms with E-state index >= 15 is 0 Å². The van der Waals surface area contributed by atoms with E-state index in [1.165, 1.54) is 38.2 Å². The van der Waals surface area contributed by atoms with Gasteiger partial charge in [-0.15, -0.1) is 0 Å². The van der Waals surface area contributed by atoms with Crippen molar-refractivity contribution in [3.8, 4) is 0 Å². The van der Waals surface area contributed by atoms with Gasteiger partial charge in [-0.3, -0.25) is 4.90 Å². The van der Waals surface area contributed by atoms with Crippen LogP contribution in [0.25, 0.3) is 0 Å². The molecule has 2 heteroatoms. The molecule has 1 aromatic carbocycles. The predicted octanol–water partition coefficient (Wildman–Crippen LogP) is 2.85. The van der Waals surface area contributed by atoms with Gasteiger partial charge in [0, 0.05) is 32.2 Å². The Hall–Kier alpha value is -0.860. The number of piperidine rings is 1. The normalized spacial score (nSPS) is 28.8. The molecule has 2 aliphatic heterocycles. The highest BCUT2D eigenvalue weighted by atomic mass is 15.2. The highest BCUT2D eigenvalue weighted by Gasteiger charge is 2.37. The largest absolute Gasteiger partial charge is 0.300 e. The summed E-state index contributed by atoms with van der Waals surface area (Å²) < 4.78 is 0. The second-order valence-corrected chi connectivity index (χ2v) is 6.58. The van der Waals surface area contributed by atoms with E-state index in [9.17, 15) is 0 Å². The predicted molar refractivity (Wildman–Crippen MR) is 80.0 cm³/mol. The molecule has 2 unspecified atom stereocenters. The third-order valence-corrected chi connectivity index (χ3v) is 4.89. The number of likely N-dealkylation sites (tertiary alicyclic amines) is 2. The molecule has 0 aromatic heterocycles. The van der Waals surface area contributed by atoms with E-state index in [1.807, 2.05) is 0 Å². The molecule has 2 atom stereocenters. The summed E-state index contributed by atoms with van der Waals surface area (Å²) in [6.45, 7) is 11.0. The molecule has 0 spiro atoms. The molecule has 0 radical (unpaired) electrons. The molecule has 3 rings (SSSR count). The third kappa shape index (κ3) is 3.01. The quantitative estimate of drug-likeness (QED) is 0.822. The van der Waals surface area contributed by atoms with E-state index in [4.69, 9.17) is 0 Å². The second-order valence-electron chi connectivity index (χ2n) is 6.58. The lowest BCUT2D eigenvalue weighted by atomic mass is 9.88. The van der Waals surface area contributed by atoms with E-state index in [0.29, 0.717) is 6.04 Å². The Bertz CT molecular complexity index is 401. The molecule has 0 aliphatic carbocycles. The van der Waals surface area contributed by atoms with Crippen LogP contribution in [0.2, 0.25) is 0 Å². The second kappa shape index (κ2) is 5.64. The molecular weight excluding hydrogens is 232 g/mol. The van der Waals surface area contributed by atoms with Gasteiger partial charge in [-0.25, -0.2) is 0 Å². The molecule has 2 fully saturated rings. The zero-order valence-corrected chi connectivity index (χ0v) is 12.3. The van der Waals surface area contributed by atoms with Crippen molar-refractivity contribution in [2.24, 2.45) is 11.8 Å². The SMILES string of the molecule is CC(C)N1CC2CCN(Cc3ccccc3)CC2C1. The van der Waals surface area contributed by atoms with Gasteiger partial charge in [-0.1, -0.05) is 30.3 Å². The molecule has 0 bridgehead atoms. The van der Waals surface area contributed by atoms with Gasteiger partial charge < -0.3 is 4.90 Å². The minimum Gasteiger partial charge on any atom is -0.300 e. The molecule has 104 valence electrons. The van der Waals surface area contributed by atoms with Crippen molar-refractivity contribution in [2.45, 2.75) is 32.9 Å². The van der Waals surface area contributed by atoms with E-state index in [-0.39, 0.29) is 0 Å². The van der Waals surface area contributed by atoms with Crippen LogP contribution in [0.3, 0.4) is 0 Å². The zero-order valence-electron chi connectivity index (χ0n) is 12.3. The van der Waals surface area contributed by atoms with Gasteiger partial charge in [0.05, 0.1) is 0 Å². The van der Waals surface area contributed by atoms with E-state index in [0.717, 1.165) is 18.4 Å². The molecular formula is C17H26N2. The van der Waals surface area contributed by atoms with Crippen LogP contribution >= 0.6 is 0 Å². The summed E-state index contributed by atoms with van der Waals surface area (Å²) >= 11 is 0. The van der Waals surface area contributed by atoms with Crippen LogP contribution in [0.15, 0.2) is 30.3 Å². The van der Waals surface area contributed by atoms with Crippen LogP contribution < -0.4 is 0 Å². The van der Waals surface area contributed by atoms with E-state index in [2.05, 4.69) is 54.0 Å². The van der Waals surface area contributed by atoms with Gasteiger partial charge in [0.25, 0.3) is 0 Å². The Morgan fingerprint density at radius 2 is 1.79 bits per heavy atom. The fraction of sp³-hybridized carbons (Fsp3) is 0.647. The van der Waals surface area contributed by atoms with E-state index in [1.54, 1.807) is 0 Å². The van der Waals surface area contributed by atoms with Gasteiger partial charge in [0.15, 0.2) is 0 Å². The minimum absolute atomic E-state index is 0.716. The number of rotatable bonds is 3. The fourth-order valence-corrected chi connectivity index (χ4v) is 3.69. The van der Waals surface area contributed by atoms with Gasteiger partial charge in [0.2, 0.25) is 0 Å². The van der Waals surface area contributed by atoms with Crippen molar-refractivity contribution in [3.05, 3.63) is 35.9 Å². The van der Waals surface area contributed by atoms with Crippen molar-refractivity contribution in [3.63, 3.8) is 0 Å². The summed E-state index contributed by atoms with van der Waals surface area (Å²) in [7, 11) is 0. The first-order valence-corrected chi connectivity index (χ1v) is 7.72.